The summed E-state index contributed by atoms with van der Waals surface area (Å²) in [5, 5.41) is 26.3. The number of nitrogens with one attached hydrogen (secondary N) is 6. The predicted molar refractivity (Wildman–Crippen MR) is 369 cm³/mol. The molecule has 4 aromatic rings. The molecule has 3 unspecified atom stereocenters. The third-order valence-corrected chi connectivity index (χ3v) is 24.2. The Hall–Kier alpha value is -7.68. The average molecular weight is 1400 g/mol. The third-order valence-electron chi connectivity index (χ3n) is 24.2. The molecule has 9 aliphatic rings. The number of piperidine rings is 1. The van der Waals surface area contributed by atoms with Crippen LogP contribution in [0.1, 0.15) is 156 Å². The van der Waals surface area contributed by atoms with E-state index in [0.717, 1.165) is 70.9 Å². The second kappa shape index (κ2) is 30.3. The predicted octanol–water partition coefficient (Wildman–Crippen LogP) is 6.73. The van der Waals surface area contributed by atoms with Crippen molar-refractivity contribution in [3.8, 4) is 0 Å². The molecule has 6 N–H and O–H groups in total. The van der Waals surface area contributed by atoms with Crippen molar-refractivity contribution in [2.24, 2.45) is 64.6 Å². The smallest absolute Gasteiger partial charge is 0.270 e. The van der Waals surface area contributed by atoms with Gasteiger partial charge in [-0.3, -0.25) is 52.6 Å². The molecule has 3 saturated heterocycles. The third kappa shape index (κ3) is 15.4. The number of carbonyl (C=O) groups is 8. The van der Waals surface area contributed by atoms with Gasteiger partial charge in [-0.15, -0.1) is 0 Å². The quantitative estimate of drug-likeness (QED) is 0.0316. The van der Waals surface area contributed by atoms with E-state index >= 15 is 18.4 Å². The first-order valence-corrected chi connectivity index (χ1v) is 37.1. The Labute approximate surface area is 589 Å². The lowest BCUT2D eigenvalue weighted by Crippen LogP contribution is -2.67. The number of benzene rings is 2. The van der Waals surface area contributed by atoms with Gasteiger partial charge < -0.3 is 55.9 Å². The van der Waals surface area contributed by atoms with Gasteiger partial charge in [0.1, 0.15) is 53.3 Å². The lowest BCUT2D eigenvalue weighted by Gasteiger charge is -2.60. The Bertz CT molecular complexity index is 3710. The molecule has 5 heterocycles. The Morgan fingerprint density at radius 3 is 1.66 bits per heavy atom. The van der Waals surface area contributed by atoms with E-state index in [1.54, 1.807) is 72.4 Å². The molecule has 8 amide bonds. The van der Waals surface area contributed by atoms with Crippen molar-refractivity contribution in [2.75, 3.05) is 83.4 Å². The molecular formula is C75H101F2N13O11. The zero-order valence-electron chi connectivity index (χ0n) is 59.3. The van der Waals surface area contributed by atoms with Gasteiger partial charge in [0.2, 0.25) is 35.4 Å². The Balaban J connectivity index is 0.700. The van der Waals surface area contributed by atoms with E-state index < -0.39 is 94.8 Å². The van der Waals surface area contributed by atoms with E-state index in [-0.39, 0.29) is 115 Å². The summed E-state index contributed by atoms with van der Waals surface area (Å²) in [6.45, 7) is 16.5. The van der Waals surface area contributed by atoms with Crippen molar-refractivity contribution in [2.45, 2.75) is 173 Å². The Morgan fingerprint density at radius 1 is 0.624 bits per heavy atom. The lowest BCUT2D eigenvalue weighted by atomic mass is 9.53. The standard InChI is InChI=1S/C75H101F2N13O11/c1-8-60(91)82-64(42(4)49-18-20-55(53(76)35-49)81-72(96)67(62(47-14-15-47)48-16-17-48)85-70(94)58-23-25-79-90(58)27-26-86-28-31-100-32-29-86)73(97)87-30-33-101-59(39-87)75-37-41(3)52-34-51(63(52)75)38-88(40-75)74(98)65(83-68(92)44(6)99-7)43(5)50-19-21-56(54(77)36-50)80-71(95)66(61(45-10-11-45)46-12-13-46)84-69(93)57-22-24-78-89(57)9-2/h18-25,35-36,41-48,51-52,59,61-67H,8-17,26-34,37-40H2,1-7H3,(H,80,95)(H,81,96)(H,82,91)(H,83,92)(H,84,93)(H,85,94)/t41-,42+,43+,44+,51-,52?,59?,63?,64-,65-,66+,67+,75+/m1/s1. The van der Waals surface area contributed by atoms with Gasteiger partial charge in [0, 0.05) is 95.5 Å². The van der Waals surface area contributed by atoms with Gasteiger partial charge in [-0.25, -0.2) is 8.78 Å². The first-order chi connectivity index (χ1) is 48.7. The molecule has 6 aliphatic carbocycles. The Kier molecular flexibility index (Phi) is 21.5. The van der Waals surface area contributed by atoms with Crippen LogP contribution >= 0.6 is 0 Å². The van der Waals surface area contributed by atoms with E-state index in [1.807, 2.05) is 11.8 Å². The van der Waals surface area contributed by atoms with Gasteiger partial charge in [-0.05, 0) is 185 Å². The van der Waals surface area contributed by atoms with Crippen molar-refractivity contribution >= 4 is 58.6 Å². The number of anilines is 2. The van der Waals surface area contributed by atoms with E-state index in [0.29, 0.717) is 74.2 Å². The Morgan fingerprint density at radius 2 is 1.15 bits per heavy atom. The first-order valence-electron chi connectivity index (χ1n) is 37.1. The molecule has 24 nitrogen and oxygen atoms in total. The minimum absolute atomic E-state index is 0.0781. The van der Waals surface area contributed by atoms with Gasteiger partial charge in [-0.1, -0.05) is 39.8 Å². The number of likely N-dealkylation sites (tertiary alicyclic amines) is 1. The maximum atomic E-state index is 16.7. The minimum Gasteiger partial charge on any atom is -0.379 e. The van der Waals surface area contributed by atoms with Crippen molar-refractivity contribution in [3.63, 3.8) is 0 Å². The summed E-state index contributed by atoms with van der Waals surface area (Å²) in [6, 6.07) is 7.83. The molecule has 26 heteroatoms. The van der Waals surface area contributed by atoms with Crippen molar-refractivity contribution < 1.29 is 61.3 Å². The van der Waals surface area contributed by atoms with Crippen LogP contribution in [0.3, 0.4) is 0 Å². The van der Waals surface area contributed by atoms with Crippen LogP contribution in [0.5, 0.6) is 0 Å². The van der Waals surface area contributed by atoms with Crippen LogP contribution in [0.15, 0.2) is 60.9 Å². The molecule has 0 radical (unpaired) electrons. The molecule has 0 bridgehead atoms. The molecule has 3 aliphatic heterocycles. The number of morpholine rings is 2. The van der Waals surface area contributed by atoms with E-state index in [4.69, 9.17) is 14.2 Å². The fourth-order valence-electron chi connectivity index (χ4n) is 18.0. The molecule has 546 valence electrons. The van der Waals surface area contributed by atoms with Gasteiger partial charge >= 0.3 is 0 Å². The summed E-state index contributed by atoms with van der Waals surface area (Å²) < 4.78 is 54.4. The highest BCUT2D eigenvalue weighted by Crippen LogP contribution is 2.67. The van der Waals surface area contributed by atoms with Crippen LogP contribution in [0.2, 0.25) is 0 Å². The SMILES string of the molecule is CCC(=O)N[C@@H](C(=O)N1CCOC([C@]23C[C@@H](C)C4C[C@H](CN(C(=O)[C@H](NC(=O)[C@H](C)OC)[C@@H](C)c5ccc(NC(=O)[C@@H](NC(=O)c6ccnn6CC)C(C6CC6)C6CC6)c(F)c5)C2)C43)C1)[C@@H](C)c1ccc(NC(=O)[C@@H](NC(=O)c2ccnn2CCN2CCOCC2)C(C2CC2)C2CC2)c(F)c1. The number of amides is 8. The van der Waals surface area contributed by atoms with Crippen molar-refractivity contribution in [1.29, 1.82) is 0 Å². The number of hydrogen-bond acceptors (Lipinski definition) is 14. The van der Waals surface area contributed by atoms with Crippen LogP contribution in [-0.2, 0) is 56.1 Å². The maximum absolute atomic E-state index is 16.7. The largest absolute Gasteiger partial charge is 0.379 e. The van der Waals surface area contributed by atoms with Crippen LogP contribution in [-0.4, -0.2) is 191 Å². The summed E-state index contributed by atoms with van der Waals surface area (Å²) in [7, 11) is 1.40. The van der Waals surface area contributed by atoms with Gasteiger partial charge in [-0.2, -0.15) is 10.2 Å². The van der Waals surface area contributed by atoms with Crippen LogP contribution in [0.25, 0.3) is 0 Å². The van der Waals surface area contributed by atoms with Crippen LogP contribution in [0, 0.1) is 76.2 Å². The van der Waals surface area contributed by atoms with Crippen molar-refractivity contribution in [1.82, 2.24) is 55.5 Å². The monoisotopic (exact) mass is 1400 g/mol. The minimum atomic E-state index is -1.20. The number of rotatable bonds is 30. The first kappa shape index (κ1) is 71.7. The highest BCUT2D eigenvalue weighted by Gasteiger charge is 2.67. The summed E-state index contributed by atoms with van der Waals surface area (Å²) in [4.78, 5) is 121. The summed E-state index contributed by atoms with van der Waals surface area (Å²) in [5.74, 6) is -5.01. The van der Waals surface area contributed by atoms with Gasteiger partial charge in [0.15, 0.2) is 0 Å². The number of carbonyl (C=O) groups excluding carboxylic acids is 8. The average Bonchev–Trinajstić information content (AvgIpc) is 1.56. The van der Waals surface area contributed by atoms with Crippen LogP contribution in [0.4, 0.5) is 20.2 Å². The van der Waals surface area contributed by atoms with E-state index in [9.17, 15) is 28.8 Å². The maximum Gasteiger partial charge on any atom is 0.270 e. The fraction of sp³-hybridized carbons (Fsp3) is 0.653. The number of nitrogens with zero attached hydrogens (tertiary/aromatic N) is 7. The number of aromatic nitrogens is 4. The number of aryl methyl sites for hydroxylation is 1. The molecule has 13 atom stereocenters. The lowest BCUT2D eigenvalue weighted by molar-refractivity contribution is -0.184. The number of ether oxygens (including phenoxy) is 3. The number of methoxy groups -OCH3 is 1. The summed E-state index contributed by atoms with van der Waals surface area (Å²) in [5.41, 5.74) is 0.643. The summed E-state index contributed by atoms with van der Waals surface area (Å²) in [6.07, 6.45) is 10.8. The molecule has 0 spiro atoms. The topological polar surface area (TPSA) is 282 Å². The normalized spacial score (nSPS) is 25.6. The molecule has 2 aromatic heterocycles. The molecule has 6 saturated carbocycles. The van der Waals surface area contributed by atoms with Gasteiger partial charge in [0.25, 0.3) is 11.8 Å². The van der Waals surface area contributed by atoms with Crippen molar-refractivity contribution in [3.05, 3.63) is 95.1 Å². The fourth-order valence-corrected chi connectivity index (χ4v) is 18.0. The zero-order chi connectivity index (χ0) is 71.1. The van der Waals surface area contributed by atoms with Crippen LogP contribution < -0.4 is 31.9 Å². The zero-order valence-corrected chi connectivity index (χ0v) is 59.3. The molecule has 101 heavy (non-hydrogen) atoms. The van der Waals surface area contributed by atoms with Gasteiger partial charge in [0.05, 0.1) is 43.8 Å². The van der Waals surface area contributed by atoms with E-state index in [2.05, 4.69) is 53.9 Å². The van der Waals surface area contributed by atoms with E-state index in [1.165, 1.54) is 37.6 Å². The number of halogens is 2. The number of hydrogen-bond donors (Lipinski definition) is 6. The summed E-state index contributed by atoms with van der Waals surface area (Å²) >= 11 is 0. The highest BCUT2D eigenvalue weighted by molar-refractivity contribution is 6.02. The molecule has 9 fully saturated rings. The molecule has 2 aromatic carbocycles. The second-order valence-electron chi connectivity index (χ2n) is 30.6. The second-order valence-corrected chi connectivity index (χ2v) is 30.6. The highest BCUT2D eigenvalue weighted by atomic mass is 19.1. The molecule has 13 rings (SSSR count). The molecular weight excluding hydrogens is 1300 g/mol.